The normalized spacial score (nSPS) is 26.4. The van der Waals surface area contributed by atoms with Gasteiger partial charge in [0.2, 0.25) is 0 Å². The van der Waals surface area contributed by atoms with Gasteiger partial charge in [0.05, 0.1) is 0 Å². The highest BCUT2D eigenvalue weighted by Gasteiger charge is 2.19. The highest BCUT2D eigenvalue weighted by Crippen LogP contribution is 2.20. The average molecular weight is 215 g/mol. The molecule has 1 aliphatic rings. The minimum atomic E-state index is 0.800. The number of likely N-dealkylation sites (tertiary alicyclic amines) is 1. The molecule has 0 saturated carbocycles. The molecule has 0 N–H and O–H groups in total. The molecule has 1 rings (SSSR count). The molecule has 1 heterocycles. The van der Waals surface area contributed by atoms with E-state index >= 15 is 0 Å². The van der Waals surface area contributed by atoms with Crippen molar-refractivity contribution in [2.75, 3.05) is 25.4 Å². The molecule has 0 bridgehead atoms. The molecule has 0 aromatic carbocycles. The Morgan fingerprint density at radius 3 is 2.79 bits per heavy atom. The highest BCUT2D eigenvalue weighted by atomic mass is 32.1. The molecule has 0 amide bonds. The summed E-state index contributed by atoms with van der Waals surface area (Å²) in [4.78, 5) is 2.65. The molecule has 2 atom stereocenters. The summed E-state index contributed by atoms with van der Waals surface area (Å²) in [6.45, 7) is 8.53. The monoisotopic (exact) mass is 215 g/mol. The van der Waals surface area contributed by atoms with Crippen LogP contribution < -0.4 is 0 Å². The third-order valence-corrected chi connectivity index (χ3v) is 4.05. The van der Waals surface area contributed by atoms with Crippen molar-refractivity contribution >= 4 is 12.6 Å². The molecule has 1 aliphatic heterocycles. The van der Waals surface area contributed by atoms with Crippen LogP contribution in [0.25, 0.3) is 0 Å². The average Bonchev–Trinajstić information content (AvgIpc) is 2.26. The Balaban J connectivity index is 2.29. The maximum Gasteiger partial charge on any atom is 0.00175 e. The maximum absolute atomic E-state index is 4.41. The molecule has 0 aromatic heterocycles. The van der Waals surface area contributed by atoms with Crippen molar-refractivity contribution in [2.24, 2.45) is 11.8 Å². The fourth-order valence-electron chi connectivity index (χ4n) is 2.33. The van der Waals surface area contributed by atoms with Crippen LogP contribution in [0.5, 0.6) is 0 Å². The van der Waals surface area contributed by atoms with Gasteiger partial charge in [-0.1, -0.05) is 26.7 Å². The van der Waals surface area contributed by atoms with Crippen molar-refractivity contribution in [3.05, 3.63) is 0 Å². The van der Waals surface area contributed by atoms with Crippen LogP contribution in [0, 0.1) is 11.8 Å². The van der Waals surface area contributed by atoms with E-state index < -0.39 is 0 Å². The summed E-state index contributed by atoms with van der Waals surface area (Å²) in [6.07, 6.45) is 5.48. The Hall–Kier alpha value is 0.310. The van der Waals surface area contributed by atoms with E-state index in [9.17, 15) is 0 Å². The van der Waals surface area contributed by atoms with Gasteiger partial charge in [0, 0.05) is 13.1 Å². The van der Waals surface area contributed by atoms with Crippen LogP contribution >= 0.6 is 12.6 Å². The van der Waals surface area contributed by atoms with E-state index in [4.69, 9.17) is 0 Å². The van der Waals surface area contributed by atoms with E-state index in [0.717, 1.165) is 17.6 Å². The second-order valence-corrected chi connectivity index (χ2v) is 5.00. The Kier molecular flexibility index (Phi) is 5.95. The lowest BCUT2D eigenvalue weighted by Crippen LogP contribution is -2.38. The molecule has 2 heteroatoms. The zero-order valence-corrected chi connectivity index (χ0v) is 10.6. The summed E-state index contributed by atoms with van der Waals surface area (Å²) in [6, 6.07) is 0. The van der Waals surface area contributed by atoms with E-state index in [1.54, 1.807) is 0 Å². The first-order valence-electron chi connectivity index (χ1n) is 6.13. The fourth-order valence-corrected chi connectivity index (χ4v) is 2.71. The number of hydrogen-bond donors (Lipinski definition) is 1. The smallest absolute Gasteiger partial charge is 0.00175 e. The van der Waals surface area contributed by atoms with E-state index in [2.05, 4.69) is 31.4 Å². The number of thiol groups is 1. The second kappa shape index (κ2) is 6.73. The number of nitrogens with zero attached hydrogens (tertiary/aromatic N) is 1. The van der Waals surface area contributed by atoms with Gasteiger partial charge < -0.3 is 4.90 Å². The van der Waals surface area contributed by atoms with Gasteiger partial charge in [-0.3, -0.25) is 0 Å². The minimum absolute atomic E-state index is 0.800. The van der Waals surface area contributed by atoms with Gasteiger partial charge >= 0.3 is 0 Å². The van der Waals surface area contributed by atoms with Gasteiger partial charge in [-0.15, -0.1) is 0 Å². The molecule has 0 aliphatic carbocycles. The second-order valence-electron chi connectivity index (χ2n) is 4.63. The molecule has 84 valence electrons. The fraction of sp³-hybridized carbons (Fsp3) is 1.00. The SMILES string of the molecule is CCC(CS)CN1CCCC(CC)C1. The van der Waals surface area contributed by atoms with Crippen LogP contribution in [0.1, 0.15) is 39.5 Å². The summed E-state index contributed by atoms with van der Waals surface area (Å²) in [5.74, 6) is 2.80. The molecule has 1 fully saturated rings. The van der Waals surface area contributed by atoms with Crippen molar-refractivity contribution in [1.29, 1.82) is 0 Å². The third-order valence-electron chi connectivity index (χ3n) is 3.53. The molecule has 0 spiro atoms. The van der Waals surface area contributed by atoms with Crippen LogP contribution in [-0.4, -0.2) is 30.3 Å². The molecule has 0 radical (unpaired) electrons. The lowest BCUT2D eigenvalue weighted by atomic mass is 9.94. The van der Waals surface area contributed by atoms with Crippen LogP contribution in [0.15, 0.2) is 0 Å². The zero-order valence-electron chi connectivity index (χ0n) is 9.71. The van der Waals surface area contributed by atoms with Gasteiger partial charge in [-0.2, -0.15) is 12.6 Å². The quantitative estimate of drug-likeness (QED) is 0.690. The standard InChI is InChI=1S/C12H25NS/c1-3-11-6-5-7-13(8-11)9-12(4-2)10-14/h11-12,14H,3-10H2,1-2H3. The third kappa shape index (κ3) is 3.82. The van der Waals surface area contributed by atoms with Gasteiger partial charge in [0.1, 0.15) is 0 Å². The summed E-state index contributed by atoms with van der Waals surface area (Å²) in [7, 11) is 0. The van der Waals surface area contributed by atoms with Crippen LogP contribution in [-0.2, 0) is 0 Å². The Morgan fingerprint density at radius 1 is 1.43 bits per heavy atom. The minimum Gasteiger partial charge on any atom is -0.303 e. The molecule has 14 heavy (non-hydrogen) atoms. The van der Waals surface area contributed by atoms with Gasteiger partial charge in [0.15, 0.2) is 0 Å². The number of rotatable bonds is 5. The van der Waals surface area contributed by atoms with Gasteiger partial charge in [-0.05, 0) is 37.0 Å². The van der Waals surface area contributed by atoms with Gasteiger partial charge in [-0.25, -0.2) is 0 Å². The molecule has 2 unspecified atom stereocenters. The Morgan fingerprint density at radius 2 is 2.21 bits per heavy atom. The molecular weight excluding hydrogens is 190 g/mol. The summed E-state index contributed by atoms with van der Waals surface area (Å²) < 4.78 is 0. The largest absolute Gasteiger partial charge is 0.303 e. The lowest BCUT2D eigenvalue weighted by molar-refractivity contribution is 0.152. The lowest BCUT2D eigenvalue weighted by Gasteiger charge is -2.34. The first kappa shape index (κ1) is 12.4. The summed E-state index contributed by atoms with van der Waals surface area (Å²) in [5.41, 5.74) is 0. The van der Waals surface area contributed by atoms with Gasteiger partial charge in [0.25, 0.3) is 0 Å². The maximum atomic E-state index is 4.41. The topological polar surface area (TPSA) is 3.24 Å². The predicted octanol–water partition coefficient (Wildman–Crippen LogP) is 3.06. The van der Waals surface area contributed by atoms with Crippen molar-refractivity contribution in [2.45, 2.75) is 39.5 Å². The van der Waals surface area contributed by atoms with Crippen molar-refractivity contribution in [3.8, 4) is 0 Å². The Bertz CT molecular complexity index is 145. The number of piperidine rings is 1. The predicted molar refractivity (Wildman–Crippen MR) is 67.1 cm³/mol. The summed E-state index contributed by atoms with van der Waals surface area (Å²) >= 11 is 4.41. The first-order chi connectivity index (χ1) is 6.80. The highest BCUT2D eigenvalue weighted by molar-refractivity contribution is 7.80. The molecule has 0 aromatic rings. The molecule has 1 nitrogen and oxygen atoms in total. The molecule has 1 saturated heterocycles. The molecular formula is C12H25NS. The Labute approximate surface area is 94.7 Å². The van der Waals surface area contributed by atoms with Crippen molar-refractivity contribution in [3.63, 3.8) is 0 Å². The van der Waals surface area contributed by atoms with E-state index in [1.807, 2.05) is 0 Å². The van der Waals surface area contributed by atoms with E-state index in [-0.39, 0.29) is 0 Å². The summed E-state index contributed by atoms with van der Waals surface area (Å²) in [5, 5.41) is 0. The zero-order chi connectivity index (χ0) is 10.4. The van der Waals surface area contributed by atoms with E-state index in [0.29, 0.717) is 0 Å². The van der Waals surface area contributed by atoms with Crippen LogP contribution in [0.3, 0.4) is 0 Å². The first-order valence-corrected chi connectivity index (χ1v) is 6.76. The number of hydrogen-bond acceptors (Lipinski definition) is 2. The van der Waals surface area contributed by atoms with E-state index in [1.165, 1.54) is 45.3 Å². The van der Waals surface area contributed by atoms with Crippen molar-refractivity contribution in [1.82, 2.24) is 4.90 Å². The van der Waals surface area contributed by atoms with Crippen molar-refractivity contribution < 1.29 is 0 Å². The van der Waals surface area contributed by atoms with Crippen LogP contribution in [0.2, 0.25) is 0 Å². The van der Waals surface area contributed by atoms with Crippen LogP contribution in [0.4, 0.5) is 0 Å².